The fourth-order valence-electron chi connectivity index (χ4n) is 3.64. The van der Waals surface area contributed by atoms with E-state index in [1.165, 1.54) is 0 Å². The molecule has 3 aromatic rings. The van der Waals surface area contributed by atoms with Gasteiger partial charge >= 0.3 is 0 Å². The molecule has 3 unspecified atom stereocenters. The molecule has 5 nitrogen and oxygen atoms in total. The molecule has 1 aliphatic rings. The van der Waals surface area contributed by atoms with E-state index in [-0.39, 0.29) is 18.1 Å². The van der Waals surface area contributed by atoms with E-state index in [0.29, 0.717) is 11.7 Å². The summed E-state index contributed by atoms with van der Waals surface area (Å²) in [6.45, 7) is 3.59. The van der Waals surface area contributed by atoms with Crippen LogP contribution in [0.5, 0.6) is 0 Å². The molecule has 0 amide bonds. The number of rotatable bonds is 5. The Morgan fingerprint density at radius 1 is 1.08 bits per heavy atom. The molecule has 1 N–H and O–H groups in total. The van der Waals surface area contributed by atoms with E-state index in [2.05, 4.69) is 27.2 Å². The molecular weight excluding hydrogens is 326 g/mol. The predicted octanol–water partition coefficient (Wildman–Crippen LogP) is 3.53. The van der Waals surface area contributed by atoms with Crippen LogP contribution < -0.4 is 0 Å². The van der Waals surface area contributed by atoms with Crippen molar-refractivity contribution < 1.29 is 9.63 Å². The van der Waals surface area contributed by atoms with Gasteiger partial charge in [0, 0.05) is 12.1 Å². The van der Waals surface area contributed by atoms with Crippen molar-refractivity contribution in [2.45, 2.75) is 25.5 Å². The van der Waals surface area contributed by atoms with Crippen LogP contribution in [0.15, 0.2) is 65.2 Å². The first kappa shape index (κ1) is 16.9. The first-order valence-electron chi connectivity index (χ1n) is 9.08. The fourth-order valence-corrected chi connectivity index (χ4v) is 3.64. The average molecular weight is 349 g/mol. The summed E-state index contributed by atoms with van der Waals surface area (Å²) in [6.07, 6.45) is 0.666. The maximum atomic E-state index is 9.97. The molecule has 0 aliphatic carbocycles. The van der Waals surface area contributed by atoms with Gasteiger partial charge in [0.25, 0.3) is 0 Å². The second kappa shape index (κ2) is 7.40. The largest absolute Gasteiger partial charge is 0.393 e. The number of benzene rings is 2. The van der Waals surface area contributed by atoms with E-state index in [1.807, 2.05) is 55.5 Å². The van der Waals surface area contributed by atoms with Gasteiger partial charge in [-0.25, -0.2) is 0 Å². The third kappa shape index (κ3) is 3.41. The quantitative estimate of drug-likeness (QED) is 0.763. The Kier molecular flexibility index (Phi) is 4.82. The normalized spacial score (nSPS) is 20.2. The summed E-state index contributed by atoms with van der Waals surface area (Å²) in [5.41, 5.74) is 2.07. The molecule has 1 aliphatic heterocycles. The lowest BCUT2D eigenvalue weighted by molar-refractivity contribution is 0.121. The van der Waals surface area contributed by atoms with Crippen molar-refractivity contribution in [2.75, 3.05) is 13.1 Å². The van der Waals surface area contributed by atoms with E-state index in [4.69, 9.17) is 4.52 Å². The van der Waals surface area contributed by atoms with Gasteiger partial charge < -0.3 is 9.63 Å². The maximum Gasteiger partial charge on any atom is 0.248 e. The summed E-state index contributed by atoms with van der Waals surface area (Å²) in [5.74, 6) is 1.48. The molecule has 134 valence electrons. The number of hydrogen-bond donors (Lipinski definition) is 1. The smallest absolute Gasteiger partial charge is 0.248 e. The van der Waals surface area contributed by atoms with Crippen molar-refractivity contribution in [2.24, 2.45) is 5.92 Å². The third-order valence-electron chi connectivity index (χ3n) is 5.13. The Morgan fingerprint density at radius 2 is 1.77 bits per heavy atom. The highest BCUT2D eigenvalue weighted by Crippen LogP contribution is 2.34. The van der Waals surface area contributed by atoms with Gasteiger partial charge in [0.15, 0.2) is 0 Å². The summed E-state index contributed by atoms with van der Waals surface area (Å²) in [6, 6.07) is 20.0. The summed E-state index contributed by atoms with van der Waals surface area (Å²) in [4.78, 5) is 7.02. The zero-order valence-electron chi connectivity index (χ0n) is 14.8. The zero-order valence-corrected chi connectivity index (χ0v) is 14.8. The molecule has 1 fully saturated rings. The van der Waals surface area contributed by atoms with Crippen molar-refractivity contribution in [3.8, 4) is 11.4 Å². The molecule has 26 heavy (non-hydrogen) atoms. The molecule has 2 heterocycles. The van der Waals surface area contributed by atoms with Crippen molar-refractivity contribution in [3.63, 3.8) is 0 Å². The van der Waals surface area contributed by atoms with Crippen LogP contribution in [0, 0.1) is 5.92 Å². The van der Waals surface area contributed by atoms with Crippen molar-refractivity contribution in [3.05, 3.63) is 72.1 Å². The molecule has 1 saturated heterocycles. The second-order valence-electron chi connectivity index (χ2n) is 6.92. The third-order valence-corrected chi connectivity index (χ3v) is 5.13. The minimum Gasteiger partial charge on any atom is -0.393 e. The Labute approximate surface area is 153 Å². The van der Waals surface area contributed by atoms with Crippen LogP contribution in [0.4, 0.5) is 0 Å². The summed E-state index contributed by atoms with van der Waals surface area (Å²) < 4.78 is 5.68. The number of nitrogens with zero attached hydrogens (tertiary/aromatic N) is 3. The number of likely N-dealkylation sites (tertiary alicyclic amines) is 1. The molecule has 0 radical (unpaired) electrons. The highest BCUT2D eigenvalue weighted by molar-refractivity contribution is 5.53. The first-order valence-corrected chi connectivity index (χ1v) is 9.08. The Bertz CT molecular complexity index is 833. The van der Waals surface area contributed by atoms with E-state index in [1.54, 1.807) is 0 Å². The summed E-state index contributed by atoms with van der Waals surface area (Å²) in [5, 5.41) is 14.2. The Hall–Kier alpha value is -2.50. The lowest BCUT2D eigenvalue weighted by Gasteiger charge is -2.25. The zero-order chi connectivity index (χ0) is 17.9. The van der Waals surface area contributed by atoms with Gasteiger partial charge in [-0.3, -0.25) is 4.90 Å². The van der Waals surface area contributed by atoms with Gasteiger partial charge in [-0.15, -0.1) is 0 Å². The van der Waals surface area contributed by atoms with E-state index >= 15 is 0 Å². The van der Waals surface area contributed by atoms with E-state index in [0.717, 1.165) is 30.6 Å². The minimum atomic E-state index is -0.306. The van der Waals surface area contributed by atoms with Gasteiger partial charge in [0.1, 0.15) is 6.04 Å². The lowest BCUT2D eigenvalue weighted by atomic mass is 10.0. The van der Waals surface area contributed by atoms with Crippen LogP contribution in [-0.2, 0) is 0 Å². The lowest BCUT2D eigenvalue weighted by Crippen LogP contribution is -2.29. The van der Waals surface area contributed by atoms with Crippen LogP contribution in [-0.4, -0.2) is 39.3 Å². The highest BCUT2D eigenvalue weighted by atomic mass is 16.5. The van der Waals surface area contributed by atoms with Crippen molar-refractivity contribution in [1.82, 2.24) is 15.0 Å². The molecule has 3 atom stereocenters. The predicted molar refractivity (Wildman–Crippen MR) is 99.4 cm³/mol. The molecule has 2 aromatic carbocycles. The number of hydrogen-bond acceptors (Lipinski definition) is 5. The van der Waals surface area contributed by atoms with Crippen molar-refractivity contribution in [1.29, 1.82) is 0 Å². The molecule has 0 saturated carbocycles. The van der Waals surface area contributed by atoms with Crippen LogP contribution in [0.2, 0.25) is 0 Å². The Morgan fingerprint density at radius 3 is 2.42 bits per heavy atom. The topological polar surface area (TPSA) is 62.4 Å². The van der Waals surface area contributed by atoms with Gasteiger partial charge in [-0.1, -0.05) is 65.8 Å². The molecule has 0 spiro atoms. The van der Waals surface area contributed by atoms with Crippen molar-refractivity contribution >= 4 is 0 Å². The molecular formula is C21H23N3O2. The number of aliphatic hydroxyl groups excluding tert-OH is 1. The molecule has 0 bridgehead atoms. The molecule has 1 aromatic heterocycles. The van der Waals surface area contributed by atoms with Crippen LogP contribution in [0.1, 0.15) is 30.8 Å². The van der Waals surface area contributed by atoms with Gasteiger partial charge in [0.2, 0.25) is 11.7 Å². The SMILES string of the molecule is CC(O)C1CCN(C(c2ccccc2)c2nc(-c3ccccc3)no2)C1. The average Bonchev–Trinajstić information content (AvgIpc) is 3.34. The van der Waals surface area contributed by atoms with E-state index in [9.17, 15) is 5.11 Å². The standard InChI is InChI=1S/C21H23N3O2/c1-15(25)18-12-13-24(14-18)19(16-8-4-2-5-9-16)21-22-20(23-26-21)17-10-6-3-7-11-17/h2-11,15,18-19,25H,12-14H2,1H3. The van der Waals surface area contributed by atoms with Crippen LogP contribution in [0.3, 0.4) is 0 Å². The van der Waals surface area contributed by atoms with Gasteiger partial charge in [-0.05, 0) is 31.4 Å². The molecule has 4 rings (SSSR count). The number of aromatic nitrogens is 2. The molecule has 5 heteroatoms. The van der Waals surface area contributed by atoms with Gasteiger partial charge in [0.05, 0.1) is 6.10 Å². The first-order chi connectivity index (χ1) is 12.7. The van der Waals surface area contributed by atoms with Gasteiger partial charge in [-0.2, -0.15) is 4.98 Å². The minimum absolute atomic E-state index is 0.0927. The monoisotopic (exact) mass is 349 g/mol. The highest BCUT2D eigenvalue weighted by Gasteiger charge is 2.35. The number of aliphatic hydroxyl groups is 1. The fraction of sp³-hybridized carbons (Fsp3) is 0.333. The second-order valence-corrected chi connectivity index (χ2v) is 6.92. The van der Waals surface area contributed by atoms with Crippen LogP contribution in [0.25, 0.3) is 11.4 Å². The van der Waals surface area contributed by atoms with Crippen LogP contribution >= 0.6 is 0 Å². The summed E-state index contributed by atoms with van der Waals surface area (Å²) >= 11 is 0. The van der Waals surface area contributed by atoms with E-state index < -0.39 is 0 Å². The summed E-state index contributed by atoms with van der Waals surface area (Å²) in [7, 11) is 0. The maximum absolute atomic E-state index is 9.97. The Balaban J connectivity index is 1.67.